The van der Waals surface area contributed by atoms with Gasteiger partial charge in [-0.25, -0.2) is 13.8 Å². The molecule has 1 saturated heterocycles. The number of fused-ring (bicyclic) bond motifs is 1. The molecular weight excluding hydrogens is 419 g/mol. The van der Waals surface area contributed by atoms with Gasteiger partial charge in [0.15, 0.2) is 0 Å². The van der Waals surface area contributed by atoms with Crippen molar-refractivity contribution in [1.29, 1.82) is 0 Å². The van der Waals surface area contributed by atoms with Crippen LogP contribution in [0.25, 0.3) is 10.9 Å². The molecule has 0 spiro atoms. The van der Waals surface area contributed by atoms with E-state index in [4.69, 9.17) is 0 Å². The molecule has 3 aromatic rings. The maximum atomic E-state index is 13.5. The Morgan fingerprint density at radius 3 is 2.32 bits per heavy atom. The van der Waals surface area contributed by atoms with Crippen LogP contribution in [0.1, 0.15) is 18.4 Å². The number of halogens is 5. The standard InChI is InChI=1S/C21H19F5N4O/c22-20(23)9-11-30(12-10-20)19-28-17-4-2-1-3-16(17)18(29-19)27-13-14-5-7-15(8-6-14)31-21(24,25)26/h1-8H,9-13H2,(H,27,28,29). The molecule has 4 rings (SSSR count). The van der Waals surface area contributed by atoms with Crippen molar-refractivity contribution in [3.05, 3.63) is 54.1 Å². The zero-order valence-electron chi connectivity index (χ0n) is 16.3. The van der Waals surface area contributed by atoms with E-state index >= 15 is 0 Å². The summed E-state index contributed by atoms with van der Waals surface area (Å²) in [5, 5.41) is 3.93. The first-order valence-electron chi connectivity index (χ1n) is 9.67. The van der Waals surface area contributed by atoms with Crippen molar-refractivity contribution >= 4 is 22.7 Å². The zero-order chi connectivity index (χ0) is 22.1. The fourth-order valence-corrected chi connectivity index (χ4v) is 3.37. The number of hydrogen-bond donors (Lipinski definition) is 1. The van der Waals surface area contributed by atoms with Gasteiger partial charge in [-0.2, -0.15) is 4.98 Å². The van der Waals surface area contributed by atoms with E-state index in [0.717, 1.165) is 10.9 Å². The lowest BCUT2D eigenvalue weighted by molar-refractivity contribution is -0.274. The van der Waals surface area contributed by atoms with Gasteiger partial charge in [-0.15, -0.1) is 13.2 Å². The third-order valence-electron chi connectivity index (χ3n) is 4.99. The Balaban J connectivity index is 1.53. The van der Waals surface area contributed by atoms with E-state index in [1.807, 2.05) is 24.3 Å². The molecule has 1 aromatic heterocycles. The quantitative estimate of drug-likeness (QED) is 0.543. The molecular formula is C21H19F5N4O. The first-order valence-corrected chi connectivity index (χ1v) is 9.67. The molecule has 0 atom stereocenters. The molecule has 1 aliphatic heterocycles. The second-order valence-corrected chi connectivity index (χ2v) is 7.28. The van der Waals surface area contributed by atoms with Crippen LogP contribution in [0.15, 0.2) is 48.5 Å². The van der Waals surface area contributed by atoms with Gasteiger partial charge in [0.1, 0.15) is 11.6 Å². The van der Waals surface area contributed by atoms with Crippen molar-refractivity contribution in [3.63, 3.8) is 0 Å². The predicted octanol–water partition coefficient (Wildman–Crippen LogP) is 5.38. The average Bonchev–Trinajstić information content (AvgIpc) is 2.72. The van der Waals surface area contributed by atoms with E-state index in [1.54, 1.807) is 4.90 Å². The fourth-order valence-electron chi connectivity index (χ4n) is 3.37. The molecule has 5 nitrogen and oxygen atoms in total. The van der Waals surface area contributed by atoms with Crippen molar-refractivity contribution in [1.82, 2.24) is 9.97 Å². The molecule has 0 saturated carbocycles. The highest BCUT2D eigenvalue weighted by Gasteiger charge is 2.35. The average molecular weight is 438 g/mol. The Bertz CT molecular complexity index is 1050. The summed E-state index contributed by atoms with van der Waals surface area (Å²) in [6, 6.07) is 12.8. The number of nitrogens with one attached hydrogen (secondary N) is 1. The maximum absolute atomic E-state index is 13.5. The lowest BCUT2D eigenvalue weighted by atomic mass is 10.1. The van der Waals surface area contributed by atoms with E-state index in [1.165, 1.54) is 24.3 Å². The number of hydrogen-bond acceptors (Lipinski definition) is 5. The predicted molar refractivity (Wildman–Crippen MR) is 106 cm³/mol. The molecule has 2 heterocycles. The molecule has 10 heteroatoms. The minimum absolute atomic E-state index is 0.158. The second-order valence-electron chi connectivity index (χ2n) is 7.28. The SMILES string of the molecule is FC1(F)CCN(c2nc(NCc3ccc(OC(F)(F)F)cc3)c3ccccc3n2)CC1. The van der Waals surface area contributed by atoms with Gasteiger partial charge in [-0.05, 0) is 29.8 Å². The smallest absolute Gasteiger partial charge is 0.406 e. The minimum Gasteiger partial charge on any atom is -0.406 e. The topological polar surface area (TPSA) is 50.3 Å². The summed E-state index contributed by atoms with van der Waals surface area (Å²) in [6.07, 6.45) is -5.24. The van der Waals surface area contributed by atoms with Crippen LogP contribution in [0.5, 0.6) is 5.75 Å². The summed E-state index contributed by atoms with van der Waals surface area (Å²) in [7, 11) is 0. The number of aromatic nitrogens is 2. The lowest BCUT2D eigenvalue weighted by Gasteiger charge is -2.32. The zero-order valence-corrected chi connectivity index (χ0v) is 16.3. The van der Waals surface area contributed by atoms with Crippen molar-refractivity contribution < 1.29 is 26.7 Å². The number of rotatable bonds is 5. The Hall–Kier alpha value is -3.17. The molecule has 0 unspecified atom stereocenters. The summed E-state index contributed by atoms with van der Waals surface area (Å²) in [6.45, 7) is 0.613. The summed E-state index contributed by atoms with van der Waals surface area (Å²) in [5.74, 6) is -2.08. The molecule has 0 bridgehead atoms. The minimum atomic E-state index is -4.74. The highest BCUT2D eigenvalue weighted by atomic mass is 19.4. The van der Waals surface area contributed by atoms with E-state index in [0.29, 0.717) is 23.8 Å². The van der Waals surface area contributed by atoms with Crippen LogP contribution < -0.4 is 15.0 Å². The van der Waals surface area contributed by atoms with Gasteiger partial charge in [0.2, 0.25) is 5.95 Å². The van der Waals surface area contributed by atoms with Gasteiger partial charge in [0.25, 0.3) is 5.92 Å². The van der Waals surface area contributed by atoms with Crippen molar-refractivity contribution in [3.8, 4) is 5.75 Å². The number of nitrogens with zero attached hydrogens (tertiary/aromatic N) is 3. The monoisotopic (exact) mass is 438 g/mol. The summed E-state index contributed by atoms with van der Waals surface area (Å²) in [5.41, 5.74) is 1.39. The Kier molecular flexibility index (Phi) is 5.55. The highest BCUT2D eigenvalue weighted by Crippen LogP contribution is 2.31. The maximum Gasteiger partial charge on any atom is 0.573 e. The number of anilines is 2. The Morgan fingerprint density at radius 1 is 0.968 bits per heavy atom. The van der Waals surface area contributed by atoms with Crippen molar-refractivity contribution in [2.45, 2.75) is 31.7 Å². The molecule has 164 valence electrons. The van der Waals surface area contributed by atoms with Gasteiger partial charge < -0.3 is 15.0 Å². The van der Waals surface area contributed by atoms with Crippen molar-refractivity contribution in [2.24, 2.45) is 0 Å². The second kappa shape index (κ2) is 8.16. The molecule has 31 heavy (non-hydrogen) atoms. The first-order chi connectivity index (χ1) is 14.7. The number of para-hydroxylation sites is 1. The summed E-state index contributed by atoms with van der Waals surface area (Å²) in [4.78, 5) is 10.8. The van der Waals surface area contributed by atoms with Gasteiger partial charge in [0, 0.05) is 37.9 Å². The summed E-state index contributed by atoms with van der Waals surface area (Å²) < 4.78 is 67.8. The molecule has 2 aromatic carbocycles. The van der Waals surface area contributed by atoms with E-state index < -0.39 is 12.3 Å². The number of alkyl halides is 5. The van der Waals surface area contributed by atoms with E-state index in [2.05, 4.69) is 20.0 Å². The third-order valence-corrected chi connectivity index (χ3v) is 4.99. The summed E-state index contributed by atoms with van der Waals surface area (Å²) >= 11 is 0. The van der Waals surface area contributed by atoms with Crippen LogP contribution in [0.3, 0.4) is 0 Å². The molecule has 1 aliphatic rings. The highest BCUT2D eigenvalue weighted by molar-refractivity contribution is 5.90. The van der Waals surface area contributed by atoms with E-state index in [-0.39, 0.29) is 31.7 Å². The Labute approximate surface area is 174 Å². The number of ether oxygens (including phenoxy) is 1. The van der Waals surface area contributed by atoms with Crippen LogP contribution in [0.2, 0.25) is 0 Å². The van der Waals surface area contributed by atoms with Crippen molar-refractivity contribution in [2.75, 3.05) is 23.3 Å². The van der Waals surface area contributed by atoms with Gasteiger partial charge in [0.05, 0.1) is 5.52 Å². The van der Waals surface area contributed by atoms with Gasteiger partial charge in [-0.1, -0.05) is 24.3 Å². The molecule has 1 fully saturated rings. The van der Waals surface area contributed by atoms with Crippen LogP contribution in [-0.2, 0) is 6.54 Å². The first kappa shape index (κ1) is 21.1. The number of benzene rings is 2. The van der Waals surface area contributed by atoms with Gasteiger partial charge in [-0.3, -0.25) is 0 Å². The normalized spacial score (nSPS) is 16.4. The molecule has 0 amide bonds. The van der Waals surface area contributed by atoms with Crippen LogP contribution in [0, 0.1) is 0 Å². The number of piperidine rings is 1. The van der Waals surface area contributed by atoms with Crippen LogP contribution in [0.4, 0.5) is 33.7 Å². The lowest BCUT2D eigenvalue weighted by Crippen LogP contribution is -2.40. The fraction of sp³-hybridized carbons (Fsp3) is 0.333. The third kappa shape index (κ3) is 5.31. The van der Waals surface area contributed by atoms with E-state index in [9.17, 15) is 22.0 Å². The van der Waals surface area contributed by atoms with Gasteiger partial charge >= 0.3 is 6.36 Å². The molecule has 1 N–H and O–H groups in total. The molecule has 0 radical (unpaired) electrons. The largest absolute Gasteiger partial charge is 0.573 e. The molecule has 0 aliphatic carbocycles. The Morgan fingerprint density at radius 2 is 1.65 bits per heavy atom. The van der Waals surface area contributed by atoms with Crippen LogP contribution in [-0.4, -0.2) is 35.3 Å². The van der Waals surface area contributed by atoms with Crippen LogP contribution >= 0.6 is 0 Å².